The fourth-order valence-electron chi connectivity index (χ4n) is 3.53. The third kappa shape index (κ3) is 4.63. The minimum atomic E-state index is -3.57. The lowest BCUT2D eigenvalue weighted by Gasteiger charge is -2.33. The van der Waals surface area contributed by atoms with Gasteiger partial charge in [-0.25, -0.2) is 8.42 Å². The first-order valence-corrected chi connectivity index (χ1v) is 12.7. The Bertz CT molecular complexity index is 1230. The Morgan fingerprint density at radius 1 is 1.12 bits per heavy atom. The molecule has 0 spiro atoms. The summed E-state index contributed by atoms with van der Waals surface area (Å²) in [5.74, 6) is 1.08. The van der Waals surface area contributed by atoms with Crippen LogP contribution in [-0.2, 0) is 10.0 Å². The summed E-state index contributed by atoms with van der Waals surface area (Å²) >= 11 is 1.60. The molecular formula is C23H24N4O3S2. The summed E-state index contributed by atoms with van der Waals surface area (Å²) in [6.45, 7) is 5.60. The second-order valence-corrected chi connectivity index (χ2v) is 10.7. The Labute approximate surface area is 192 Å². The molecule has 0 saturated carbocycles. The molecule has 2 aromatic heterocycles. The maximum atomic E-state index is 13.0. The first-order valence-electron chi connectivity index (χ1n) is 10.4. The largest absolute Gasteiger partial charge is 0.420 e. The highest BCUT2D eigenvalue weighted by molar-refractivity contribution is 7.89. The van der Waals surface area contributed by atoms with Crippen molar-refractivity contribution < 1.29 is 12.8 Å². The molecule has 0 atom stereocenters. The van der Waals surface area contributed by atoms with Crippen molar-refractivity contribution in [3.63, 3.8) is 0 Å². The Kier molecular flexibility index (Phi) is 6.46. The summed E-state index contributed by atoms with van der Waals surface area (Å²) in [7, 11) is -3.57. The summed E-state index contributed by atoms with van der Waals surface area (Å²) in [4.78, 5) is 7.49. The van der Waals surface area contributed by atoms with Gasteiger partial charge >= 0.3 is 0 Å². The molecule has 7 nitrogen and oxygen atoms in total. The van der Waals surface area contributed by atoms with Gasteiger partial charge in [0.15, 0.2) is 0 Å². The van der Waals surface area contributed by atoms with Gasteiger partial charge in [-0.2, -0.15) is 14.6 Å². The zero-order valence-electron chi connectivity index (χ0n) is 17.9. The predicted octanol–water partition coefficient (Wildman–Crippen LogP) is 4.41. The van der Waals surface area contributed by atoms with E-state index >= 15 is 0 Å². The Morgan fingerprint density at radius 2 is 1.84 bits per heavy atom. The second-order valence-electron chi connectivity index (χ2n) is 7.78. The lowest BCUT2D eigenvalue weighted by molar-refractivity contribution is 0.373. The van der Waals surface area contributed by atoms with Crippen molar-refractivity contribution in [2.24, 2.45) is 0 Å². The standard InChI is InChI=1S/C23H24N4O3S2/c1-17(2)18-5-8-20(9-6-18)32(28,29)27-13-11-26(12-14-27)23-21(16-24)25-22(30-23)10-7-19-4-3-15-31-19/h3-10,15,17H,11-14H2,1-2H3. The SMILES string of the molecule is CC(C)c1ccc(S(=O)(=O)N2CCN(c3oc(C=Cc4cccs4)nc3C#N)CC2)cc1. The number of oxazole rings is 1. The quantitative estimate of drug-likeness (QED) is 0.532. The molecule has 166 valence electrons. The summed E-state index contributed by atoms with van der Waals surface area (Å²) in [6, 6.07) is 13.1. The summed E-state index contributed by atoms with van der Waals surface area (Å²) in [6.07, 6.45) is 3.62. The predicted molar refractivity (Wildman–Crippen MR) is 126 cm³/mol. The Hall–Kier alpha value is -2.93. The molecule has 1 saturated heterocycles. The van der Waals surface area contributed by atoms with Gasteiger partial charge in [0.1, 0.15) is 6.07 Å². The van der Waals surface area contributed by atoms with Crippen LogP contribution in [0, 0.1) is 11.3 Å². The number of hydrogen-bond acceptors (Lipinski definition) is 7. The van der Waals surface area contributed by atoms with E-state index in [1.807, 2.05) is 40.6 Å². The molecule has 3 heterocycles. The van der Waals surface area contributed by atoms with Gasteiger partial charge in [0.25, 0.3) is 0 Å². The van der Waals surface area contributed by atoms with Crippen LogP contribution in [0.4, 0.5) is 5.88 Å². The van der Waals surface area contributed by atoms with Gasteiger partial charge in [0, 0.05) is 37.1 Å². The molecular weight excluding hydrogens is 444 g/mol. The number of benzene rings is 1. The van der Waals surface area contributed by atoms with Crippen LogP contribution >= 0.6 is 11.3 Å². The molecule has 1 aromatic carbocycles. The maximum absolute atomic E-state index is 13.0. The number of nitriles is 1. The van der Waals surface area contributed by atoms with Crippen molar-refractivity contribution in [2.75, 3.05) is 31.1 Å². The van der Waals surface area contributed by atoms with Gasteiger partial charge in [-0.05, 0) is 41.1 Å². The lowest BCUT2D eigenvalue weighted by Crippen LogP contribution is -2.48. The molecule has 32 heavy (non-hydrogen) atoms. The number of piperazine rings is 1. The van der Waals surface area contributed by atoms with Crippen molar-refractivity contribution in [3.05, 3.63) is 63.8 Å². The van der Waals surface area contributed by atoms with Crippen LogP contribution in [0.25, 0.3) is 12.2 Å². The summed E-state index contributed by atoms with van der Waals surface area (Å²) in [5, 5.41) is 11.5. The van der Waals surface area contributed by atoms with E-state index < -0.39 is 10.0 Å². The van der Waals surface area contributed by atoms with Crippen LogP contribution in [0.15, 0.2) is 51.1 Å². The third-order valence-electron chi connectivity index (χ3n) is 5.38. The van der Waals surface area contributed by atoms with Gasteiger partial charge in [-0.3, -0.25) is 0 Å². The van der Waals surface area contributed by atoms with Crippen molar-refractivity contribution in [3.8, 4) is 6.07 Å². The number of sulfonamides is 1. The number of rotatable bonds is 6. The summed E-state index contributed by atoms with van der Waals surface area (Å²) in [5.41, 5.74) is 1.31. The van der Waals surface area contributed by atoms with Crippen molar-refractivity contribution >= 4 is 39.4 Å². The van der Waals surface area contributed by atoms with E-state index in [9.17, 15) is 13.7 Å². The van der Waals surface area contributed by atoms with Gasteiger partial charge in [-0.1, -0.05) is 32.0 Å². The van der Waals surface area contributed by atoms with Crippen molar-refractivity contribution in [1.29, 1.82) is 5.26 Å². The molecule has 0 radical (unpaired) electrons. The van der Waals surface area contributed by atoms with E-state index in [0.717, 1.165) is 10.4 Å². The van der Waals surface area contributed by atoms with E-state index in [4.69, 9.17) is 4.42 Å². The number of hydrogen-bond donors (Lipinski definition) is 0. The van der Waals surface area contributed by atoms with Crippen LogP contribution < -0.4 is 4.90 Å². The van der Waals surface area contributed by atoms with E-state index in [1.165, 1.54) is 4.31 Å². The minimum Gasteiger partial charge on any atom is -0.420 e. The highest BCUT2D eigenvalue weighted by atomic mass is 32.2. The molecule has 1 aliphatic rings. The monoisotopic (exact) mass is 468 g/mol. The normalized spacial score (nSPS) is 15.5. The van der Waals surface area contributed by atoms with Gasteiger partial charge in [0.05, 0.1) is 4.90 Å². The maximum Gasteiger partial charge on any atom is 0.243 e. The average Bonchev–Trinajstić information content (AvgIpc) is 3.47. The molecule has 1 aliphatic heterocycles. The van der Waals surface area contributed by atoms with E-state index in [2.05, 4.69) is 24.9 Å². The lowest BCUT2D eigenvalue weighted by atomic mass is 10.0. The van der Waals surface area contributed by atoms with Crippen LogP contribution in [0.3, 0.4) is 0 Å². The zero-order chi connectivity index (χ0) is 22.7. The molecule has 0 aliphatic carbocycles. The number of nitrogens with zero attached hydrogens (tertiary/aromatic N) is 4. The zero-order valence-corrected chi connectivity index (χ0v) is 19.6. The fourth-order valence-corrected chi connectivity index (χ4v) is 5.57. The fraction of sp³-hybridized carbons (Fsp3) is 0.304. The van der Waals surface area contributed by atoms with E-state index in [-0.39, 0.29) is 5.69 Å². The van der Waals surface area contributed by atoms with Gasteiger partial charge in [-0.15, -0.1) is 11.3 Å². The number of anilines is 1. The highest BCUT2D eigenvalue weighted by Crippen LogP contribution is 2.27. The van der Waals surface area contributed by atoms with E-state index in [1.54, 1.807) is 29.5 Å². The molecule has 4 rings (SSSR count). The van der Waals surface area contributed by atoms with Crippen LogP contribution in [0.1, 0.15) is 41.8 Å². The summed E-state index contributed by atoms with van der Waals surface area (Å²) < 4.78 is 33.4. The van der Waals surface area contributed by atoms with Crippen LogP contribution in [-0.4, -0.2) is 43.9 Å². The smallest absolute Gasteiger partial charge is 0.243 e. The number of thiophene rings is 1. The third-order valence-corrected chi connectivity index (χ3v) is 8.13. The second kappa shape index (κ2) is 9.28. The average molecular weight is 469 g/mol. The number of aromatic nitrogens is 1. The Balaban J connectivity index is 1.46. The molecule has 0 unspecified atom stereocenters. The molecule has 0 N–H and O–H groups in total. The molecule has 0 bridgehead atoms. The van der Waals surface area contributed by atoms with Gasteiger partial charge < -0.3 is 9.32 Å². The molecule has 3 aromatic rings. The Morgan fingerprint density at radius 3 is 2.44 bits per heavy atom. The molecule has 9 heteroatoms. The van der Waals surface area contributed by atoms with Gasteiger partial charge in [0.2, 0.25) is 27.5 Å². The van der Waals surface area contributed by atoms with Crippen LogP contribution in [0.5, 0.6) is 0 Å². The first-order chi connectivity index (χ1) is 15.4. The highest BCUT2D eigenvalue weighted by Gasteiger charge is 2.31. The molecule has 1 fully saturated rings. The van der Waals surface area contributed by atoms with E-state index in [0.29, 0.717) is 48.8 Å². The van der Waals surface area contributed by atoms with Crippen LogP contribution in [0.2, 0.25) is 0 Å². The molecule has 0 amide bonds. The van der Waals surface area contributed by atoms with Crippen molar-refractivity contribution in [1.82, 2.24) is 9.29 Å². The minimum absolute atomic E-state index is 0.205. The van der Waals surface area contributed by atoms with Crippen molar-refractivity contribution in [2.45, 2.75) is 24.7 Å². The topological polar surface area (TPSA) is 90.4 Å². The first kappa shape index (κ1) is 22.3.